The molecule has 1 saturated carbocycles. The number of nitrogens with one attached hydrogen (secondary N) is 1. The number of carboxylic acids is 1. The summed E-state index contributed by atoms with van der Waals surface area (Å²) in [5, 5.41) is 11.4. The van der Waals surface area contributed by atoms with E-state index >= 15 is 0 Å². The molecular formula is C12H13FN2O3. The average molecular weight is 252 g/mol. The van der Waals surface area contributed by atoms with Crippen LogP contribution in [0.25, 0.3) is 0 Å². The van der Waals surface area contributed by atoms with E-state index in [1.165, 1.54) is 6.07 Å². The van der Waals surface area contributed by atoms with E-state index in [9.17, 15) is 14.0 Å². The van der Waals surface area contributed by atoms with E-state index in [0.717, 1.165) is 18.6 Å². The third kappa shape index (κ3) is 2.19. The molecule has 1 aliphatic rings. The van der Waals surface area contributed by atoms with Gasteiger partial charge in [0.05, 0.1) is 16.8 Å². The molecule has 0 spiro atoms. The molecule has 0 unspecified atom stereocenters. The van der Waals surface area contributed by atoms with Crippen molar-refractivity contribution in [1.82, 2.24) is 0 Å². The lowest BCUT2D eigenvalue weighted by Crippen LogP contribution is -2.56. The molecule has 6 heteroatoms. The lowest BCUT2D eigenvalue weighted by atomic mass is 9.77. The highest BCUT2D eigenvalue weighted by Gasteiger charge is 2.40. The van der Waals surface area contributed by atoms with Crippen molar-refractivity contribution < 1.29 is 19.1 Å². The first kappa shape index (κ1) is 12.5. The van der Waals surface area contributed by atoms with Crippen LogP contribution in [0, 0.1) is 5.82 Å². The molecule has 0 heterocycles. The average Bonchev–Trinajstić information content (AvgIpc) is 2.27. The lowest BCUT2D eigenvalue weighted by Gasteiger charge is -2.36. The summed E-state index contributed by atoms with van der Waals surface area (Å²) >= 11 is 0. The maximum atomic E-state index is 13.0. The normalized spacial score (nSPS) is 16.8. The zero-order chi connectivity index (χ0) is 13.3. The predicted octanol–water partition coefficient (Wildman–Crippen LogP) is 1.34. The largest absolute Gasteiger partial charge is 0.478 e. The highest BCUT2D eigenvalue weighted by Crippen LogP contribution is 2.30. The van der Waals surface area contributed by atoms with Gasteiger partial charge in [-0.15, -0.1) is 0 Å². The monoisotopic (exact) mass is 252 g/mol. The highest BCUT2D eigenvalue weighted by atomic mass is 19.1. The molecule has 0 radical (unpaired) electrons. The molecule has 1 fully saturated rings. The minimum Gasteiger partial charge on any atom is -0.478 e. The van der Waals surface area contributed by atoms with E-state index in [2.05, 4.69) is 5.32 Å². The molecule has 18 heavy (non-hydrogen) atoms. The zero-order valence-electron chi connectivity index (χ0n) is 9.57. The second-order valence-corrected chi connectivity index (χ2v) is 4.46. The van der Waals surface area contributed by atoms with Crippen molar-refractivity contribution in [1.29, 1.82) is 0 Å². The van der Waals surface area contributed by atoms with Crippen molar-refractivity contribution in [3.8, 4) is 0 Å². The molecule has 0 aromatic heterocycles. The molecule has 96 valence electrons. The number of benzene rings is 1. The molecule has 1 aromatic rings. The summed E-state index contributed by atoms with van der Waals surface area (Å²) < 4.78 is 13.0. The van der Waals surface area contributed by atoms with Gasteiger partial charge in [-0.25, -0.2) is 9.18 Å². The fourth-order valence-electron chi connectivity index (χ4n) is 1.83. The van der Waals surface area contributed by atoms with Gasteiger partial charge in [0.2, 0.25) is 5.91 Å². The minimum atomic E-state index is -1.30. The van der Waals surface area contributed by atoms with Gasteiger partial charge in [-0.1, -0.05) is 0 Å². The van der Waals surface area contributed by atoms with Crippen LogP contribution >= 0.6 is 0 Å². The fraction of sp³-hybridized carbons (Fsp3) is 0.333. The van der Waals surface area contributed by atoms with E-state index in [1.54, 1.807) is 0 Å². The molecule has 1 aromatic carbocycles. The molecule has 0 bridgehead atoms. The Labute approximate surface area is 103 Å². The van der Waals surface area contributed by atoms with Gasteiger partial charge in [0, 0.05) is 0 Å². The number of anilines is 1. The first-order valence-corrected chi connectivity index (χ1v) is 5.55. The van der Waals surface area contributed by atoms with E-state index < -0.39 is 23.2 Å². The Bertz CT molecular complexity index is 512. The third-order valence-electron chi connectivity index (χ3n) is 3.16. The number of carbonyl (C=O) groups is 2. The van der Waals surface area contributed by atoms with Crippen molar-refractivity contribution in [2.75, 3.05) is 5.32 Å². The number of hydrogen-bond acceptors (Lipinski definition) is 3. The summed E-state index contributed by atoms with van der Waals surface area (Å²) in [6, 6.07) is 3.17. The first-order chi connectivity index (χ1) is 8.42. The van der Waals surface area contributed by atoms with E-state index in [4.69, 9.17) is 10.8 Å². The number of carbonyl (C=O) groups excluding carboxylic acids is 1. The molecule has 1 amide bonds. The van der Waals surface area contributed by atoms with Gasteiger partial charge in [0.1, 0.15) is 5.82 Å². The third-order valence-corrected chi connectivity index (χ3v) is 3.16. The van der Waals surface area contributed by atoms with Gasteiger partial charge < -0.3 is 16.2 Å². The Balaban J connectivity index is 2.23. The van der Waals surface area contributed by atoms with Gasteiger partial charge >= 0.3 is 5.97 Å². The summed E-state index contributed by atoms with van der Waals surface area (Å²) in [6.07, 6.45) is 2.02. The van der Waals surface area contributed by atoms with Crippen molar-refractivity contribution in [3.63, 3.8) is 0 Å². The summed E-state index contributed by atoms with van der Waals surface area (Å²) in [5.41, 5.74) is 4.67. The van der Waals surface area contributed by atoms with E-state index in [-0.39, 0.29) is 11.3 Å². The molecule has 2 rings (SSSR count). The van der Waals surface area contributed by atoms with Crippen molar-refractivity contribution >= 4 is 17.6 Å². The number of nitrogens with two attached hydrogens (primary N) is 1. The van der Waals surface area contributed by atoms with Gasteiger partial charge in [0.25, 0.3) is 0 Å². The van der Waals surface area contributed by atoms with Crippen LogP contribution in [0.2, 0.25) is 0 Å². The minimum absolute atomic E-state index is 0.0608. The van der Waals surface area contributed by atoms with Crippen LogP contribution < -0.4 is 11.1 Å². The molecule has 5 nitrogen and oxygen atoms in total. The van der Waals surface area contributed by atoms with Crippen LogP contribution in [0.4, 0.5) is 10.1 Å². The van der Waals surface area contributed by atoms with Crippen LogP contribution in [0.5, 0.6) is 0 Å². The van der Waals surface area contributed by atoms with Crippen LogP contribution in [-0.4, -0.2) is 22.5 Å². The topological polar surface area (TPSA) is 92.4 Å². The maximum absolute atomic E-state index is 13.0. The Morgan fingerprint density at radius 1 is 1.39 bits per heavy atom. The Morgan fingerprint density at radius 3 is 2.56 bits per heavy atom. The highest BCUT2D eigenvalue weighted by molar-refractivity contribution is 6.04. The number of aromatic carboxylic acids is 1. The van der Waals surface area contributed by atoms with E-state index in [0.29, 0.717) is 12.8 Å². The molecule has 0 saturated heterocycles. The number of amides is 1. The molecule has 1 aliphatic carbocycles. The quantitative estimate of drug-likeness (QED) is 0.757. The van der Waals surface area contributed by atoms with Gasteiger partial charge in [0.15, 0.2) is 0 Å². The molecule has 4 N–H and O–H groups in total. The van der Waals surface area contributed by atoms with Crippen LogP contribution in [0.3, 0.4) is 0 Å². The second-order valence-electron chi connectivity index (χ2n) is 4.46. The molecular weight excluding hydrogens is 239 g/mol. The number of rotatable bonds is 3. The smallest absolute Gasteiger partial charge is 0.337 e. The number of halogens is 1. The number of carboxylic acid groups (broad SMARTS) is 1. The SMILES string of the molecule is NC1(C(=O)Nc2ccc(F)cc2C(=O)O)CCC1. The van der Waals surface area contributed by atoms with Crippen molar-refractivity contribution in [2.45, 2.75) is 24.8 Å². The Kier molecular flexibility index (Phi) is 3.04. The van der Waals surface area contributed by atoms with Crippen LogP contribution in [0.15, 0.2) is 18.2 Å². The summed E-state index contributed by atoms with van der Waals surface area (Å²) in [4.78, 5) is 22.8. The fourth-order valence-corrected chi connectivity index (χ4v) is 1.83. The standard InChI is InChI=1S/C12H13FN2O3/c13-7-2-3-9(8(6-7)10(16)17)15-11(18)12(14)4-1-5-12/h2-3,6H,1,4-5,14H2,(H,15,18)(H,16,17). The lowest BCUT2D eigenvalue weighted by molar-refractivity contribution is -0.123. The summed E-state index contributed by atoms with van der Waals surface area (Å²) in [5.74, 6) is -2.40. The van der Waals surface area contributed by atoms with Gasteiger partial charge in [-0.3, -0.25) is 4.79 Å². The van der Waals surface area contributed by atoms with Crippen LogP contribution in [0.1, 0.15) is 29.6 Å². The van der Waals surface area contributed by atoms with Crippen LogP contribution in [-0.2, 0) is 4.79 Å². The van der Waals surface area contributed by atoms with Gasteiger partial charge in [-0.2, -0.15) is 0 Å². The summed E-state index contributed by atoms with van der Waals surface area (Å²) in [6.45, 7) is 0. The van der Waals surface area contributed by atoms with E-state index in [1.807, 2.05) is 0 Å². The van der Waals surface area contributed by atoms with Gasteiger partial charge in [-0.05, 0) is 37.5 Å². The van der Waals surface area contributed by atoms with Crippen molar-refractivity contribution in [3.05, 3.63) is 29.6 Å². The molecule has 0 aliphatic heterocycles. The van der Waals surface area contributed by atoms with Crippen molar-refractivity contribution in [2.24, 2.45) is 5.73 Å². The summed E-state index contributed by atoms with van der Waals surface area (Å²) in [7, 11) is 0. The molecule has 0 atom stereocenters. The Morgan fingerprint density at radius 2 is 2.06 bits per heavy atom. The first-order valence-electron chi connectivity index (χ1n) is 5.55. The predicted molar refractivity (Wildman–Crippen MR) is 62.8 cm³/mol. The second kappa shape index (κ2) is 4.38. The zero-order valence-corrected chi connectivity index (χ0v) is 9.57. The Hall–Kier alpha value is -1.95. The number of hydrogen-bond donors (Lipinski definition) is 3. The maximum Gasteiger partial charge on any atom is 0.337 e.